The SMILES string of the molecule is N#Cc1cc(F)c2nc(N(COC(=O)OCCCOP(=O)(O)O)C(=O)CI)[nH]c2c1F. The van der Waals surface area contributed by atoms with Gasteiger partial charge in [0.05, 0.1) is 23.2 Å². The molecule has 0 aliphatic carbocycles. The molecule has 3 N–H and O–H groups in total. The van der Waals surface area contributed by atoms with Crippen LogP contribution in [-0.4, -0.2) is 56.2 Å². The molecule has 31 heavy (non-hydrogen) atoms. The van der Waals surface area contributed by atoms with Gasteiger partial charge in [-0.25, -0.2) is 28.0 Å². The van der Waals surface area contributed by atoms with Gasteiger partial charge in [-0.3, -0.25) is 9.32 Å². The monoisotopic (exact) mass is 574 g/mol. The lowest BCUT2D eigenvalue weighted by Crippen LogP contribution is -2.36. The second-order valence-corrected chi connectivity index (χ2v) is 7.62. The minimum Gasteiger partial charge on any atom is -0.434 e. The number of aromatic nitrogens is 2. The zero-order chi connectivity index (χ0) is 23.2. The van der Waals surface area contributed by atoms with Gasteiger partial charge in [0.1, 0.15) is 17.1 Å². The zero-order valence-electron chi connectivity index (χ0n) is 15.4. The van der Waals surface area contributed by atoms with Crippen molar-refractivity contribution in [3.8, 4) is 6.07 Å². The second-order valence-electron chi connectivity index (χ2n) is 5.62. The average molecular weight is 574 g/mol. The number of nitriles is 1. The quantitative estimate of drug-likeness (QED) is 0.100. The van der Waals surface area contributed by atoms with E-state index in [1.807, 2.05) is 0 Å². The topological polar surface area (TPSA) is 175 Å². The van der Waals surface area contributed by atoms with Crippen LogP contribution in [-0.2, 0) is 23.4 Å². The summed E-state index contributed by atoms with van der Waals surface area (Å²) in [7, 11) is -4.63. The van der Waals surface area contributed by atoms with Crippen molar-refractivity contribution in [1.82, 2.24) is 9.97 Å². The molecule has 2 aromatic rings. The number of nitrogens with zero attached hydrogens (tertiary/aromatic N) is 3. The van der Waals surface area contributed by atoms with E-state index in [9.17, 15) is 22.9 Å². The number of hydrogen-bond donors (Lipinski definition) is 3. The Morgan fingerprint density at radius 2 is 2.03 bits per heavy atom. The molecule has 0 aliphatic rings. The van der Waals surface area contributed by atoms with Gasteiger partial charge in [0.25, 0.3) is 0 Å². The Balaban J connectivity index is 2.06. The summed E-state index contributed by atoms with van der Waals surface area (Å²) in [6, 6.07) is 2.16. The molecule has 16 heteroatoms. The standard InChI is InChI=1S/C15H14F2IN4O8P/c16-9-4-8(6-19)11(17)13-12(9)20-14(21-13)22(10(23)5-18)7-29-15(24)28-2-1-3-30-31(25,26)27/h4H,1-3,5,7H2,(H,20,21)(H2,25,26,27). The van der Waals surface area contributed by atoms with E-state index in [0.717, 1.165) is 4.90 Å². The first-order valence-electron chi connectivity index (χ1n) is 8.21. The van der Waals surface area contributed by atoms with Gasteiger partial charge in [-0.1, -0.05) is 22.6 Å². The molecular weight excluding hydrogens is 560 g/mol. The fraction of sp³-hybridized carbons (Fsp3) is 0.333. The molecule has 0 fully saturated rings. The number of rotatable bonds is 9. The van der Waals surface area contributed by atoms with Crippen LogP contribution in [0.1, 0.15) is 12.0 Å². The third-order valence-corrected chi connectivity index (χ3v) is 4.69. The molecule has 2 rings (SSSR count). The number of alkyl halides is 1. The molecule has 0 aliphatic heterocycles. The smallest absolute Gasteiger partial charge is 0.434 e. The molecule has 1 aromatic heterocycles. The fourth-order valence-electron chi connectivity index (χ4n) is 2.17. The van der Waals surface area contributed by atoms with Gasteiger partial charge >= 0.3 is 14.0 Å². The van der Waals surface area contributed by atoms with Crippen LogP contribution in [0.4, 0.5) is 19.5 Å². The maximum atomic E-state index is 14.3. The van der Waals surface area contributed by atoms with Crippen molar-refractivity contribution in [2.45, 2.75) is 6.42 Å². The van der Waals surface area contributed by atoms with Crippen molar-refractivity contribution in [3.63, 3.8) is 0 Å². The first-order chi connectivity index (χ1) is 14.6. The summed E-state index contributed by atoms with van der Waals surface area (Å²) in [5, 5.41) is 8.86. The van der Waals surface area contributed by atoms with E-state index in [2.05, 4.69) is 19.2 Å². The molecule has 0 spiro atoms. The Hall–Kier alpha value is -2.38. The van der Waals surface area contributed by atoms with Crippen LogP contribution in [0.3, 0.4) is 0 Å². The predicted octanol–water partition coefficient (Wildman–Crippen LogP) is 2.09. The zero-order valence-corrected chi connectivity index (χ0v) is 18.4. The summed E-state index contributed by atoms with van der Waals surface area (Å²) >= 11 is 1.72. The van der Waals surface area contributed by atoms with Crippen molar-refractivity contribution >= 4 is 59.5 Å². The van der Waals surface area contributed by atoms with E-state index in [0.29, 0.717) is 6.07 Å². The van der Waals surface area contributed by atoms with E-state index < -0.39 is 54.8 Å². The molecule has 0 unspecified atom stereocenters. The Morgan fingerprint density at radius 1 is 1.32 bits per heavy atom. The van der Waals surface area contributed by atoms with Gasteiger partial charge in [-0.05, 0) is 6.07 Å². The van der Waals surface area contributed by atoms with E-state index in [4.69, 9.17) is 19.8 Å². The highest BCUT2D eigenvalue weighted by atomic mass is 127. The average Bonchev–Trinajstić information content (AvgIpc) is 3.15. The van der Waals surface area contributed by atoms with E-state index >= 15 is 0 Å². The highest BCUT2D eigenvalue weighted by Crippen LogP contribution is 2.35. The number of halogens is 3. The van der Waals surface area contributed by atoms with Crippen LogP contribution < -0.4 is 4.90 Å². The molecule has 0 atom stereocenters. The van der Waals surface area contributed by atoms with Crippen LogP contribution in [0.15, 0.2) is 6.07 Å². The van der Waals surface area contributed by atoms with Crippen molar-refractivity contribution in [2.75, 3.05) is 29.3 Å². The largest absolute Gasteiger partial charge is 0.510 e. The molecule has 0 bridgehead atoms. The van der Waals surface area contributed by atoms with Gasteiger partial charge in [0.2, 0.25) is 11.9 Å². The number of anilines is 1. The minimum absolute atomic E-state index is 0.0417. The highest BCUT2D eigenvalue weighted by molar-refractivity contribution is 14.1. The summed E-state index contributed by atoms with van der Waals surface area (Å²) in [6.45, 7) is -1.39. The first-order valence-corrected chi connectivity index (χ1v) is 11.3. The van der Waals surface area contributed by atoms with Gasteiger partial charge < -0.3 is 24.2 Å². The van der Waals surface area contributed by atoms with Gasteiger partial charge in [-0.15, -0.1) is 0 Å². The number of ether oxygens (including phenoxy) is 2. The van der Waals surface area contributed by atoms with Gasteiger partial charge in [-0.2, -0.15) is 5.26 Å². The molecule has 12 nitrogen and oxygen atoms in total. The van der Waals surface area contributed by atoms with Crippen molar-refractivity contribution in [2.24, 2.45) is 0 Å². The summed E-state index contributed by atoms with van der Waals surface area (Å²) in [6.07, 6.45) is -1.26. The van der Waals surface area contributed by atoms with Crippen LogP contribution in [0.2, 0.25) is 0 Å². The summed E-state index contributed by atoms with van der Waals surface area (Å²) in [4.78, 5) is 47.9. The number of hydrogen-bond acceptors (Lipinski definition) is 8. The number of carbonyl (C=O) groups is 2. The third-order valence-electron chi connectivity index (χ3n) is 3.52. The summed E-state index contributed by atoms with van der Waals surface area (Å²) in [5.74, 6) is -3.00. The van der Waals surface area contributed by atoms with E-state index in [1.165, 1.54) is 6.07 Å². The number of nitrogens with one attached hydrogen (secondary N) is 1. The number of amides is 1. The van der Waals surface area contributed by atoms with Crippen LogP contribution in [0.25, 0.3) is 11.0 Å². The predicted molar refractivity (Wildman–Crippen MR) is 107 cm³/mol. The Kier molecular flexibility index (Phi) is 8.65. The number of benzene rings is 1. The molecular formula is C15H14F2IN4O8P. The lowest BCUT2D eigenvalue weighted by Gasteiger charge is -2.18. The van der Waals surface area contributed by atoms with E-state index in [-0.39, 0.29) is 30.0 Å². The fourth-order valence-corrected chi connectivity index (χ4v) is 2.95. The molecule has 1 amide bonds. The normalized spacial score (nSPS) is 11.2. The van der Waals surface area contributed by atoms with Crippen LogP contribution >= 0.6 is 30.4 Å². The van der Waals surface area contributed by atoms with Gasteiger partial charge in [0.15, 0.2) is 18.4 Å². The van der Waals surface area contributed by atoms with Crippen LogP contribution in [0, 0.1) is 23.0 Å². The highest BCUT2D eigenvalue weighted by Gasteiger charge is 2.24. The molecule has 0 radical (unpaired) electrons. The summed E-state index contributed by atoms with van der Waals surface area (Å²) in [5.41, 5.74) is -1.45. The lowest BCUT2D eigenvalue weighted by molar-refractivity contribution is -0.116. The number of imidazole rings is 1. The number of phosphoric ester groups is 1. The molecule has 168 valence electrons. The van der Waals surface area contributed by atoms with E-state index in [1.54, 1.807) is 22.6 Å². The van der Waals surface area contributed by atoms with Crippen molar-refractivity contribution < 1.29 is 46.7 Å². The van der Waals surface area contributed by atoms with Crippen LogP contribution in [0.5, 0.6) is 0 Å². The maximum Gasteiger partial charge on any atom is 0.510 e. The minimum atomic E-state index is -4.63. The summed E-state index contributed by atoms with van der Waals surface area (Å²) < 4.78 is 52.4. The lowest BCUT2D eigenvalue weighted by atomic mass is 10.2. The van der Waals surface area contributed by atoms with Crippen molar-refractivity contribution in [1.29, 1.82) is 5.26 Å². The third kappa shape index (κ3) is 6.80. The van der Waals surface area contributed by atoms with Gasteiger partial charge in [0, 0.05) is 6.42 Å². The maximum absolute atomic E-state index is 14.3. The Labute approximate surface area is 186 Å². The second kappa shape index (κ2) is 10.8. The number of aromatic amines is 1. The number of carbonyl (C=O) groups excluding carboxylic acids is 2. The molecule has 0 saturated carbocycles. The Bertz CT molecular complexity index is 1070. The molecule has 1 aromatic carbocycles. The number of H-pyrrole nitrogens is 1. The molecule has 1 heterocycles. The number of fused-ring (bicyclic) bond motifs is 1. The Morgan fingerprint density at radius 3 is 2.65 bits per heavy atom. The first kappa shape index (κ1) is 24.9. The van der Waals surface area contributed by atoms with Crippen molar-refractivity contribution in [3.05, 3.63) is 23.3 Å². The molecule has 0 saturated heterocycles. The number of phosphoric acid groups is 1.